The Balaban J connectivity index is 1.38. The number of nitrogens with zero attached hydrogens (tertiary/aromatic N) is 1. The van der Waals surface area contributed by atoms with Crippen molar-refractivity contribution in [3.8, 4) is 0 Å². The van der Waals surface area contributed by atoms with Crippen molar-refractivity contribution in [3.63, 3.8) is 0 Å². The molecule has 1 N–H and O–H groups in total. The molecule has 1 aliphatic heterocycles. The van der Waals surface area contributed by atoms with Crippen LogP contribution in [0.3, 0.4) is 0 Å². The fourth-order valence-electron chi connectivity index (χ4n) is 5.62. The molecule has 3 aliphatic rings. The van der Waals surface area contributed by atoms with E-state index in [1.54, 1.807) is 0 Å². The second-order valence-corrected chi connectivity index (χ2v) is 9.33. The molecule has 1 saturated heterocycles. The van der Waals surface area contributed by atoms with Gasteiger partial charge in [-0.2, -0.15) is 0 Å². The van der Waals surface area contributed by atoms with Crippen molar-refractivity contribution in [3.05, 3.63) is 35.9 Å². The molecule has 4 unspecified atom stereocenters. The Kier molecular flexibility index (Phi) is 4.13. The molecule has 1 aromatic carbocycles. The number of carbonyl (C=O) groups excluding carboxylic acids is 2. The van der Waals surface area contributed by atoms with Gasteiger partial charge in [0.05, 0.1) is 5.92 Å². The molecule has 3 fully saturated rings. The summed E-state index contributed by atoms with van der Waals surface area (Å²) < 4.78 is 0. The predicted octanol–water partition coefficient (Wildman–Crippen LogP) is 3.37. The summed E-state index contributed by atoms with van der Waals surface area (Å²) in [5.41, 5.74) is 1.58. The molecule has 0 radical (unpaired) electrons. The first-order valence-electron chi connectivity index (χ1n) is 9.93. The van der Waals surface area contributed by atoms with Gasteiger partial charge in [-0.05, 0) is 41.6 Å². The van der Waals surface area contributed by atoms with Crippen LogP contribution in [-0.2, 0) is 16.1 Å². The SMILES string of the molecule is CC1(C)C2CCC1(C)C(NC(=O)C1CC(=O)N(Cc3ccccc3)C1)C2. The lowest BCUT2D eigenvalue weighted by Gasteiger charge is -2.39. The molecule has 1 aromatic rings. The van der Waals surface area contributed by atoms with Crippen molar-refractivity contribution in [2.75, 3.05) is 6.54 Å². The number of hydrogen-bond donors (Lipinski definition) is 1. The zero-order valence-electron chi connectivity index (χ0n) is 16.1. The lowest BCUT2D eigenvalue weighted by atomic mass is 9.69. The van der Waals surface area contributed by atoms with Crippen molar-refractivity contribution in [2.45, 2.75) is 59.0 Å². The fraction of sp³-hybridized carbons (Fsp3) is 0.636. The third-order valence-electron chi connectivity index (χ3n) is 7.91. The van der Waals surface area contributed by atoms with E-state index in [9.17, 15) is 9.59 Å². The van der Waals surface area contributed by atoms with Crippen molar-refractivity contribution < 1.29 is 9.59 Å². The van der Waals surface area contributed by atoms with Gasteiger partial charge in [-0.15, -0.1) is 0 Å². The fourth-order valence-corrected chi connectivity index (χ4v) is 5.62. The lowest BCUT2D eigenvalue weighted by molar-refractivity contribution is -0.129. The van der Waals surface area contributed by atoms with Gasteiger partial charge < -0.3 is 10.2 Å². The summed E-state index contributed by atoms with van der Waals surface area (Å²) in [5, 5.41) is 3.34. The quantitative estimate of drug-likeness (QED) is 0.901. The molecule has 4 nitrogen and oxygen atoms in total. The third-order valence-corrected chi connectivity index (χ3v) is 7.91. The lowest BCUT2D eigenvalue weighted by Crippen LogP contribution is -2.48. The van der Waals surface area contributed by atoms with Crippen LogP contribution in [0.1, 0.15) is 52.0 Å². The van der Waals surface area contributed by atoms with E-state index >= 15 is 0 Å². The summed E-state index contributed by atoms with van der Waals surface area (Å²) in [6, 6.07) is 10.2. The van der Waals surface area contributed by atoms with Gasteiger partial charge >= 0.3 is 0 Å². The van der Waals surface area contributed by atoms with E-state index < -0.39 is 0 Å². The van der Waals surface area contributed by atoms with E-state index in [0.29, 0.717) is 25.4 Å². The first-order valence-corrected chi connectivity index (χ1v) is 9.93. The molecule has 26 heavy (non-hydrogen) atoms. The summed E-state index contributed by atoms with van der Waals surface area (Å²) in [7, 11) is 0. The predicted molar refractivity (Wildman–Crippen MR) is 101 cm³/mol. The van der Waals surface area contributed by atoms with Crippen molar-refractivity contribution >= 4 is 11.8 Å². The normalized spacial score (nSPS) is 35.1. The Morgan fingerprint density at radius 3 is 2.58 bits per heavy atom. The molecule has 2 saturated carbocycles. The number of nitrogens with one attached hydrogen (secondary N) is 1. The van der Waals surface area contributed by atoms with E-state index in [1.165, 1.54) is 12.8 Å². The maximum Gasteiger partial charge on any atom is 0.225 e. The van der Waals surface area contributed by atoms with Crippen LogP contribution >= 0.6 is 0 Å². The van der Waals surface area contributed by atoms with Gasteiger partial charge in [0, 0.05) is 25.6 Å². The molecule has 0 aromatic heterocycles. The van der Waals surface area contributed by atoms with Gasteiger partial charge in [-0.3, -0.25) is 9.59 Å². The molecule has 2 bridgehead atoms. The highest BCUT2D eigenvalue weighted by Gasteiger charge is 2.61. The Morgan fingerprint density at radius 2 is 1.96 bits per heavy atom. The number of hydrogen-bond acceptors (Lipinski definition) is 2. The summed E-state index contributed by atoms with van der Waals surface area (Å²) in [6.07, 6.45) is 3.90. The summed E-state index contributed by atoms with van der Waals surface area (Å²) in [4.78, 5) is 27.1. The highest BCUT2D eigenvalue weighted by molar-refractivity contribution is 5.89. The first-order chi connectivity index (χ1) is 12.3. The Hall–Kier alpha value is -1.84. The number of amides is 2. The summed E-state index contributed by atoms with van der Waals surface area (Å²) >= 11 is 0. The summed E-state index contributed by atoms with van der Waals surface area (Å²) in [5.74, 6) is 0.659. The van der Waals surface area contributed by atoms with Crippen LogP contribution in [0.25, 0.3) is 0 Å². The number of fused-ring (bicyclic) bond motifs is 2. The average molecular weight is 354 g/mol. The maximum atomic E-state index is 12.9. The third kappa shape index (κ3) is 2.65. The minimum atomic E-state index is -0.211. The first kappa shape index (κ1) is 17.6. The molecule has 1 heterocycles. The molecule has 2 aliphatic carbocycles. The van der Waals surface area contributed by atoms with E-state index in [-0.39, 0.29) is 34.6 Å². The van der Waals surface area contributed by atoms with Crippen LogP contribution < -0.4 is 5.32 Å². The highest BCUT2D eigenvalue weighted by atomic mass is 16.2. The number of benzene rings is 1. The molecule has 4 heteroatoms. The van der Waals surface area contributed by atoms with Crippen LogP contribution in [0.4, 0.5) is 0 Å². The summed E-state index contributed by atoms with van der Waals surface area (Å²) in [6.45, 7) is 8.19. The van der Waals surface area contributed by atoms with E-state index in [4.69, 9.17) is 0 Å². The van der Waals surface area contributed by atoms with Gasteiger partial charge in [0.25, 0.3) is 0 Å². The van der Waals surface area contributed by atoms with Gasteiger partial charge in [-0.1, -0.05) is 51.1 Å². The highest BCUT2D eigenvalue weighted by Crippen LogP contribution is 2.65. The van der Waals surface area contributed by atoms with Crippen LogP contribution in [0.5, 0.6) is 0 Å². The van der Waals surface area contributed by atoms with Crippen LogP contribution in [0, 0.1) is 22.7 Å². The van der Waals surface area contributed by atoms with Crippen molar-refractivity contribution in [1.82, 2.24) is 10.2 Å². The standard InChI is InChI=1S/C22H30N2O2/c1-21(2)17-9-10-22(21,3)18(12-17)23-20(26)16-11-19(25)24(14-16)13-15-7-5-4-6-8-15/h4-8,16-18H,9-14H2,1-3H3,(H,23,26). The van der Waals surface area contributed by atoms with E-state index in [2.05, 4.69) is 26.1 Å². The van der Waals surface area contributed by atoms with Crippen molar-refractivity contribution in [1.29, 1.82) is 0 Å². The number of rotatable bonds is 4. The monoisotopic (exact) mass is 354 g/mol. The Bertz CT molecular complexity index is 714. The molecular weight excluding hydrogens is 324 g/mol. The van der Waals surface area contributed by atoms with Gasteiger partial charge in [0.1, 0.15) is 0 Å². The maximum absolute atomic E-state index is 12.9. The van der Waals surface area contributed by atoms with Crippen LogP contribution in [0.2, 0.25) is 0 Å². The zero-order valence-corrected chi connectivity index (χ0v) is 16.1. The topological polar surface area (TPSA) is 49.4 Å². The minimum Gasteiger partial charge on any atom is -0.352 e. The van der Waals surface area contributed by atoms with Crippen molar-refractivity contribution in [2.24, 2.45) is 22.7 Å². The van der Waals surface area contributed by atoms with E-state index in [0.717, 1.165) is 12.0 Å². The molecular formula is C22H30N2O2. The largest absolute Gasteiger partial charge is 0.352 e. The smallest absolute Gasteiger partial charge is 0.225 e. The second kappa shape index (κ2) is 6.11. The number of carbonyl (C=O) groups is 2. The van der Waals surface area contributed by atoms with Crippen LogP contribution in [-0.4, -0.2) is 29.3 Å². The Morgan fingerprint density at radius 1 is 1.23 bits per heavy atom. The van der Waals surface area contributed by atoms with Gasteiger partial charge in [0.2, 0.25) is 11.8 Å². The van der Waals surface area contributed by atoms with E-state index in [1.807, 2.05) is 35.2 Å². The molecule has 4 rings (SSSR count). The average Bonchev–Trinajstić information content (AvgIpc) is 3.14. The molecule has 2 amide bonds. The van der Waals surface area contributed by atoms with Gasteiger partial charge in [-0.25, -0.2) is 0 Å². The Labute approximate surface area is 156 Å². The molecule has 140 valence electrons. The zero-order chi connectivity index (χ0) is 18.5. The number of likely N-dealkylation sites (tertiary alicyclic amines) is 1. The van der Waals surface area contributed by atoms with Crippen LogP contribution in [0.15, 0.2) is 30.3 Å². The second-order valence-electron chi connectivity index (χ2n) is 9.33. The molecule has 4 atom stereocenters. The minimum absolute atomic E-state index is 0.0727. The van der Waals surface area contributed by atoms with Gasteiger partial charge in [0.15, 0.2) is 0 Å². The molecule has 0 spiro atoms.